The van der Waals surface area contributed by atoms with Gasteiger partial charge in [-0.15, -0.1) is 0 Å². The summed E-state index contributed by atoms with van der Waals surface area (Å²) in [7, 11) is 0. The van der Waals surface area contributed by atoms with Gasteiger partial charge in [-0.1, -0.05) is 46.3 Å². The summed E-state index contributed by atoms with van der Waals surface area (Å²) in [5, 5.41) is 118. The highest BCUT2D eigenvalue weighted by Crippen LogP contribution is 2.76. The van der Waals surface area contributed by atoms with Crippen LogP contribution in [0.3, 0.4) is 0 Å². The van der Waals surface area contributed by atoms with Crippen LogP contribution in [0.1, 0.15) is 113 Å². The second-order valence-corrected chi connectivity index (χ2v) is 22.5. The number of ether oxygens (including phenoxy) is 6. The van der Waals surface area contributed by atoms with Crippen molar-refractivity contribution in [2.24, 2.45) is 45.3 Å². The Balaban J connectivity index is 1.11. The molecule has 3 aliphatic heterocycles. The van der Waals surface area contributed by atoms with Gasteiger partial charge in [-0.3, -0.25) is 0 Å². The van der Waals surface area contributed by atoms with E-state index in [-0.39, 0.29) is 52.6 Å². The van der Waals surface area contributed by atoms with Crippen LogP contribution >= 0.6 is 0 Å². The fourth-order valence-corrected chi connectivity index (χ4v) is 14.5. The molecule has 4 saturated carbocycles. The highest BCUT2D eigenvalue weighted by atomic mass is 16.7. The van der Waals surface area contributed by atoms with Crippen molar-refractivity contribution >= 4 is 0 Å². The van der Waals surface area contributed by atoms with Gasteiger partial charge in [-0.2, -0.15) is 0 Å². The van der Waals surface area contributed by atoms with Crippen LogP contribution in [0, 0.1) is 45.3 Å². The number of rotatable bonds is 12. The fraction of sp³-hybridized carbons (Fsp3) is 0.957. The van der Waals surface area contributed by atoms with Gasteiger partial charge in [0.1, 0.15) is 67.1 Å². The molecule has 3 heterocycles. The van der Waals surface area contributed by atoms with Gasteiger partial charge in [0.25, 0.3) is 0 Å². The van der Waals surface area contributed by atoms with Gasteiger partial charge in [0, 0.05) is 0 Å². The molecule has 7 rings (SSSR count). The van der Waals surface area contributed by atoms with Gasteiger partial charge < -0.3 is 84.6 Å². The molecule has 0 unspecified atom stereocenters. The third-order valence-corrected chi connectivity index (χ3v) is 18.4. The van der Waals surface area contributed by atoms with Crippen LogP contribution in [0.4, 0.5) is 0 Å². The van der Waals surface area contributed by atoms with Gasteiger partial charge in [0.05, 0.1) is 37.6 Å². The first-order valence-corrected chi connectivity index (χ1v) is 23.8. The van der Waals surface area contributed by atoms with E-state index >= 15 is 0 Å². The third-order valence-electron chi connectivity index (χ3n) is 18.4. The average Bonchev–Trinajstić information content (AvgIpc) is 3.62. The monoisotopic (exact) mass is 917 g/mol. The van der Waals surface area contributed by atoms with Crippen LogP contribution in [-0.2, 0) is 28.4 Å². The molecular weight excluding hydrogens is 836 g/mol. The molecule has 24 atom stereocenters. The van der Waals surface area contributed by atoms with Crippen molar-refractivity contribution in [1.82, 2.24) is 0 Å². The SMILES string of the molecule is CC(C)=CCC[C@](C)(O[C@H]1O[C@@H](CO[C@@H]2OC[C@H](O)[C@@H](O)[C@@H]2O)[C@H](O)[C@@H](O)[C@@H]1O)[C@@H]1CC[C@]2(C)[C@@H]1[C@H](O)C[C@H]1[C@@]3(C)CC[C@@H](O[C@@H]4O[C@H](CO)[C@@H](O)[C@H](O)[C@@H]4O)C(C)(C)[C@H]3CC[C@]12C. The lowest BCUT2D eigenvalue weighted by Crippen LogP contribution is -2.67. The minimum absolute atomic E-state index is 0.149. The van der Waals surface area contributed by atoms with E-state index in [1.54, 1.807) is 0 Å². The van der Waals surface area contributed by atoms with E-state index in [9.17, 15) is 56.2 Å². The summed E-state index contributed by atoms with van der Waals surface area (Å²) in [6.07, 6.45) is -12.4. The summed E-state index contributed by atoms with van der Waals surface area (Å²) < 4.78 is 36.5. The summed E-state index contributed by atoms with van der Waals surface area (Å²) >= 11 is 0. The normalized spacial score (nSPS) is 52.5. The zero-order chi connectivity index (χ0) is 47.1. The Bertz CT molecular complexity index is 1630. The molecule has 3 saturated heterocycles. The van der Waals surface area contributed by atoms with Crippen LogP contribution in [0.2, 0.25) is 0 Å². The molecular formula is C47H80O17. The third kappa shape index (κ3) is 8.60. The Morgan fingerprint density at radius 2 is 1.28 bits per heavy atom. The Morgan fingerprint density at radius 3 is 1.94 bits per heavy atom. The lowest BCUT2D eigenvalue weighted by atomic mass is 9.35. The van der Waals surface area contributed by atoms with E-state index < -0.39 is 116 Å². The lowest BCUT2D eigenvalue weighted by Gasteiger charge is -2.71. The fourth-order valence-electron chi connectivity index (χ4n) is 14.5. The molecule has 11 N–H and O–H groups in total. The van der Waals surface area contributed by atoms with Gasteiger partial charge in [-0.25, -0.2) is 0 Å². The summed E-state index contributed by atoms with van der Waals surface area (Å²) in [4.78, 5) is 0. The number of fused-ring (bicyclic) bond motifs is 5. The van der Waals surface area contributed by atoms with Crippen molar-refractivity contribution < 1.29 is 84.6 Å². The first kappa shape index (κ1) is 50.9. The van der Waals surface area contributed by atoms with Crippen LogP contribution in [0.25, 0.3) is 0 Å². The lowest BCUT2D eigenvalue weighted by molar-refractivity contribution is -0.346. The van der Waals surface area contributed by atoms with Gasteiger partial charge in [0.2, 0.25) is 0 Å². The van der Waals surface area contributed by atoms with Crippen molar-refractivity contribution in [2.45, 2.75) is 217 Å². The first-order valence-electron chi connectivity index (χ1n) is 23.8. The van der Waals surface area contributed by atoms with E-state index in [4.69, 9.17) is 28.4 Å². The molecule has 0 radical (unpaired) electrons. The number of hydrogen-bond acceptors (Lipinski definition) is 17. The highest BCUT2D eigenvalue weighted by molar-refractivity contribution is 5.20. The van der Waals surface area contributed by atoms with E-state index in [1.165, 1.54) is 0 Å². The first-order chi connectivity index (χ1) is 29.9. The van der Waals surface area contributed by atoms with Crippen molar-refractivity contribution in [3.8, 4) is 0 Å². The zero-order valence-corrected chi connectivity index (χ0v) is 39.0. The van der Waals surface area contributed by atoms with Crippen LogP contribution < -0.4 is 0 Å². The molecule has 0 aromatic carbocycles. The second-order valence-electron chi connectivity index (χ2n) is 22.5. The predicted octanol–water partition coefficient (Wildman–Crippen LogP) is 0.612. The average molecular weight is 917 g/mol. The van der Waals surface area contributed by atoms with Gasteiger partial charge in [0.15, 0.2) is 18.9 Å². The smallest absolute Gasteiger partial charge is 0.187 e. The molecule has 0 aromatic rings. The molecule has 17 nitrogen and oxygen atoms in total. The van der Waals surface area contributed by atoms with Crippen molar-refractivity contribution in [3.05, 3.63) is 11.6 Å². The van der Waals surface area contributed by atoms with Gasteiger partial charge >= 0.3 is 0 Å². The standard InChI is InChI=1S/C47H80O17/c1-22(2)10-9-14-47(8,64-42-39(58)36(55)34(53)27(62-42)21-60-40-37(56)32(51)25(50)20-59-40)23-11-16-46(7)31(23)24(49)18-29-44(5)15-13-30(43(3,4)28(44)12-17-45(29,46)6)63-41-38(57)35(54)33(52)26(19-48)61-41/h10,23-42,48-58H,9,11-21H2,1-8H3/t23-,24-,25+,26-,27+,28-,29+,30-,31+,32-,33-,34+,35+,36-,37+,38+,39+,40+,41+,42-,44+,45-,46-,47+/m1/s1. The number of aliphatic hydroxyl groups excluding tert-OH is 11. The summed E-state index contributed by atoms with van der Waals surface area (Å²) in [5.41, 5.74) is -0.948. The maximum atomic E-state index is 12.7. The Labute approximate surface area is 377 Å². The maximum absolute atomic E-state index is 12.7. The Hall–Kier alpha value is -0.940. The molecule has 0 aromatic heterocycles. The minimum Gasteiger partial charge on any atom is -0.394 e. The molecule has 4 aliphatic carbocycles. The molecule has 7 fully saturated rings. The van der Waals surface area contributed by atoms with E-state index in [1.807, 2.05) is 20.8 Å². The molecule has 0 bridgehead atoms. The van der Waals surface area contributed by atoms with Crippen molar-refractivity contribution in [1.29, 1.82) is 0 Å². The summed E-state index contributed by atoms with van der Waals surface area (Å²) in [5.74, 6) is -0.0478. The number of aliphatic hydroxyl groups is 11. The number of hydrogen-bond donors (Lipinski definition) is 11. The predicted molar refractivity (Wildman–Crippen MR) is 228 cm³/mol. The van der Waals surface area contributed by atoms with E-state index in [0.717, 1.165) is 37.7 Å². The number of allylic oxidation sites excluding steroid dienone is 2. The van der Waals surface area contributed by atoms with Crippen molar-refractivity contribution in [2.75, 3.05) is 19.8 Å². The quantitative estimate of drug-likeness (QED) is 0.0946. The Kier molecular flexibility index (Phi) is 14.9. The van der Waals surface area contributed by atoms with Crippen LogP contribution in [-0.4, -0.2) is 180 Å². The molecule has 17 heteroatoms. The zero-order valence-electron chi connectivity index (χ0n) is 39.0. The minimum atomic E-state index is -1.68. The largest absolute Gasteiger partial charge is 0.394 e. The summed E-state index contributed by atoms with van der Waals surface area (Å²) in [6, 6.07) is 0. The molecule has 64 heavy (non-hydrogen) atoms. The second kappa shape index (κ2) is 18.8. The molecule has 7 aliphatic rings. The molecule has 0 spiro atoms. The Morgan fingerprint density at radius 1 is 0.672 bits per heavy atom. The van der Waals surface area contributed by atoms with Crippen LogP contribution in [0.5, 0.6) is 0 Å². The maximum Gasteiger partial charge on any atom is 0.187 e. The van der Waals surface area contributed by atoms with Gasteiger partial charge in [-0.05, 0) is 124 Å². The van der Waals surface area contributed by atoms with E-state index in [0.29, 0.717) is 25.7 Å². The van der Waals surface area contributed by atoms with E-state index in [2.05, 4.69) is 40.7 Å². The topological polar surface area (TPSA) is 278 Å². The van der Waals surface area contributed by atoms with Crippen LogP contribution in [0.15, 0.2) is 11.6 Å². The summed E-state index contributed by atoms with van der Waals surface area (Å²) in [6.45, 7) is 16.3. The van der Waals surface area contributed by atoms with Crippen molar-refractivity contribution in [3.63, 3.8) is 0 Å². The molecule has 370 valence electrons. The molecule has 0 amide bonds. The highest BCUT2D eigenvalue weighted by Gasteiger charge is 2.72.